The van der Waals surface area contributed by atoms with Crippen LogP contribution in [-0.2, 0) is 0 Å². The van der Waals surface area contributed by atoms with Gasteiger partial charge in [0.1, 0.15) is 0 Å². The predicted molar refractivity (Wildman–Crippen MR) is 70.6 cm³/mol. The van der Waals surface area contributed by atoms with Gasteiger partial charge in [0.25, 0.3) is 0 Å². The topological polar surface area (TPSA) is 12.0 Å². The molecule has 1 heterocycles. The van der Waals surface area contributed by atoms with Gasteiger partial charge in [-0.3, -0.25) is 0 Å². The van der Waals surface area contributed by atoms with Crippen LogP contribution in [0.2, 0.25) is 5.02 Å². The van der Waals surface area contributed by atoms with E-state index in [0.717, 1.165) is 23.5 Å². The molecular weight excluding hydrogens is 241 g/mol. The predicted octanol–water partition coefficient (Wildman–Crippen LogP) is 3.62. The first kappa shape index (κ1) is 12.2. The molecule has 16 heavy (non-hydrogen) atoms. The maximum absolute atomic E-state index is 5.89. The summed E-state index contributed by atoms with van der Waals surface area (Å²) >= 11 is 5.89. The molecule has 2 aliphatic rings. The molecule has 0 spiro atoms. The Labute approximate surface area is 108 Å². The Balaban J connectivity index is 0.000000963. The first-order valence-electron chi connectivity index (χ1n) is 5.82. The van der Waals surface area contributed by atoms with E-state index in [-0.39, 0.29) is 12.4 Å². The van der Waals surface area contributed by atoms with Gasteiger partial charge in [-0.2, -0.15) is 0 Å². The molecule has 1 saturated heterocycles. The molecule has 1 N–H and O–H groups in total. The lowest BCUT2D eigenvalue weighted by Gasteiger charge is -2.09. The molecule has 0 aromatic heterocycles. The smallest absolute Gasteiger partial charge is 0.0406 e. The molecule has 0 radical (unpaired) electrons. The molecule has 1 aliphatic heterocycles. The Morgan fingerprint density at radius 2 is 1.81 bits per heavy atom. The van der Waals surface area contributed by atoms with E-state index in [1.807, 2.05) is 12.1 Å². The van der Waals surface area contributed by atoms with E-state index in [2.05, 4.69) is 17.4 Å². The summed E-state index contributed by atoms with van der Waals surface area (Å²) in [4.78, 5) is 0. The fourth-order valence-corrected chi connectivity index (χ4v) is 2.74. The standard InChI is InChI=1S/C13H16ClN.ClH/c14-12-5-3-9(4-6-12)11-7-13(15-8-11)10-1-2-10;/h3-6,10-11,13,15H,1-2,7-8H2;1H. The summed E-state index contributed by atoms with van der Waals surface area (Å²) < 4.78 is 0. The van der Waals surface area contributed by atoms with Crippen molar-refractivity contribution in [3.05, 3.63) is 34.9 Å². The van der Waals surface area contributed by atoms with Gasteiger partial charge in [0.15, 0.2) is 0 Å². The van der Waals surface area contributed by atoms with Crippen molar-refractivity contribution >= 4 is 24.0 Å². The Morgan fingerprint density at radius 3 is 2.44 bits per heavy atom. The van der Waals surface area contributed by atoms with Gasteiger partial charge < -0.3 is 5.32 Å². The zero-order valence-corrected chi connectivity index (χ0v) is 10.7. The maximum Gasteiger partial charge on any atom is 0.0406 e. The molecular formula is C13H17Cl2N. The van der Waals surface area contributed by atoms with Crippen LogP contribution in [0.3, 0.4) is 0 Å². The van der Waals surface area contributed by atoms with E-state index in [4.69, 9.17) is 11.6 Å². The van der Waals surface area contributed by atoms with Crippen molar-refractivity contribution in [3.63, 3.8) is 0 Å². The summed E-state index contributed by atoms with van der Waals surface area (Å²) in [5.41, 5.74) is 1.44. The third kappa shape index (κ3) is 2.53. The minimum Gasteiger partial charge on any atom is -0.313 e. The van der Waals surface area contributed by atoms with Crippen LogP contribution in [-0.4, -0.2) is 12.6 Å². The largest absolute Gasteiger partial charge is 0.313 e. The molecule has 2 fully saturated rings. The van der Waals surface area contributed by atoms with Gasteiger partial charge in [-0.25, -0.2) is 0 Å². The molecule has 1 nitrogen and oxygen atoms in total. The number of hydrogen-bond acceptors (Lipinski definition) is 1. The van der Waals surface area contributed by atoms with Crippen LogP contribution in [0, 0.1) is 5.92 Å². The highest BCUT2D eigenvalue weighted by molar-refractivity contribution is 6.30. The van der Waals surface area contributed by atoms with E-state index in [1.54, 1.807) is 0 Å². The summed E-state index contributed by atoms with van der Waals surface area (Å²) in [6.45, 7) is 1.14. The number of nitrogens with one attached hydrogen (secondary N) is 1. The second kappa shape index (κ2) is 4.95. The molecule has 88 valence electrons. The van der Waals surface area contributed by atoms with Crippen molar-refractivity contribution < 1.29 is 0 Å². The minimum atomic E-state index is 0. The zero-order valence-electron chi connectivity index (χ0n) is 9.16. The summed E-state index contributed by atoms with van der Waals surface area (Å²) in [7, 11) is 0. The summed E-state index contributed by atoms with van der Waals surface area (Å²) in [5, 5.41) is 4.49. The third-order valence-corrected chi connectivity index (χ3v) is 3.95. The lowest BCUT2D eigenvalue weighted by molar-refractivity contribution is 0.535. The van der Waals surface area contributed by atoms with E-state index < -0.39 is 0 Å². The average Bonchev–Trinajstić information content (AvgIpc) is 2.99. The molecule has 1 saturated carbocycles. The van der Waals surface area contributed by atoms with Crippen molar-refractivity contribution in [1.29, 1.82) is 0 Å². The number of halogens is 2. The first-order valence-corrected chi connectivity index (χ1v) is 6.19. The van der Waals surface area contributed by atoms with Crippen molar-refractivity contribution in [2.75, 3.05) is 6.54 Å². The van der Waals surface area contributed by atoms with Gasteiger partial charge in [-0.1, -0.05) is 23.7 Å². The van der Waals surface area contributed by atoms with E-state index in [1.165, 1.54) is 24.8 Å². The highest BCUT2D eigenvalue weighted by Crippen LogP contribution is 2.39. The fourth-order valence-electron chi connectivity index (χ4n) is 2.61. The maximum atomic E-state index is 5.89. The highest BCUT2D eigenvalue weighted by atomic mass is 35.5. The SMILES string of the molecule is Cl.Clc1ccc(C2CNC(C3CC3)C2)cc1. The van der Waals surface area contributed by atoms with Crippen LogP contribution in [0.15, 0.2) is 24.3 Å². The van der Waals surface area contributed by atoms with Crippen LogP contribution >= 0.6 is 24.0 Å². The van der Waals surface area contributed by atoms with Crippen LogP contribution in [0.4, 0.5) is 0 Å². The molecule has 0 amide bonds. The number of benzene rings is 1. The van der Waals surface area contributed by atoms with Crippen LogP contribution < -0.4 is 5.32 Å². The van der Waals surface area contributed by atoms with Gasteiger partial charge in [-0.15, -0.1) is 12.4 Å². The first-order chi connectivity index (χ1) is 7.33. The Morgan fingerprint density at radius 1 is 1.12 bits per heavy atom. The second-order valence-electron chi connectivity index (χ2n) is 4.84. The van der Waals surface area contributed by atoms with Gasteiger partial charge >= 0.3 is 0 Å². The highest BCUT2D eigenvalue weighted by Gasteiger charge is 2.36. The Kier molecular flexibility index (Phi) is 3.78. The molecule has 2 atom stereocenters. The quantitative estimate of drug-likeness (QED) is 0.854. The Hall–Kier alpha value is -0.240. The molecule has 0 bridgehead atoms. The van der Waals surface area contributed by atoms with Crippen molar-refractivity contribution in [1.82, 2.24) is 5.32 Å². The van der Waals surface area contributed by atoms with E-state index in [0.29, 0.717) is 5.92 Å². The van der Waals surface area contributed by atoms with Crippen molar-refractivity contribution in [2.45, 2.75) is 31.2 Å². The van der Waals surface area contributed by atoms with Gasteiger partial charge in [0.2, 0.25) is 0 Å². The van der Waals surface area contributed by atoms with Crippen molar-refractivity contribution in [3.8, 4) is 0 Å². The number of hydrogen-bond donors (Lipinski definition) is 1. The van der Waals surface area contributed by atoms with E-state index in [9.17, 15) is 0 Å². The van der Waals surface area contributed by atoms with Gasteiger partial charge in [-0.05, 0) is 48.8 Å². The number of rotatable bonds is 2. The molecule has 1 aliphatic carbocycles. The van der Waals surface area contributed by atoms with Crippen LogP contribution in [0.25, 0.3) is 0 Å². The Bertz CT molecular complexity index is 345. The van der Waals surface area contributed by atoms with Crippen LogP contribution in [0.5, 0.6) is 0 Å². The van der Waals surface area contributed by atoms with Gasteiger partial charge in [0.05, 0.1) is 0 Å². The van der Waals surface area contributed by atoms with Crippen LogP contribution in [0.1, 0.15) is 30.7 Å². The monoisotopic (exact) mass is 257 g/mol. The third-order valence-electron chi connectivity index (χ3n) is 3.70. The lowest BCUT2D eigenvalue weighted by atomic mass is 9.95. The molecule has 3 heteroatoms. The normalized spacial score (nSPS) is 28.8. The van der Waals surface area contributed by atoms with E-state index >= 15 is 0 Å². The summed E-state index contributed by atoms with van der Waals surface area (Å²) in [6.07, 6.45) is 4.18. The minimum absolute atomic E-state index is 0. The van der Waals surface area contributed by atoms with Gasteiger partial charge in [0, 0.05) is 17.6 Å². The molecule has 3 rings (SSSR count). The molecule has 1 aromatic rings. The summed E-state index contributed by atoms with van der Waals surface area (Å²) in [5.74, 6) is 1.68. The van der Waals surface area contributed by atoms with Crippen molar-refractivity contribution in [2.24, 2.45) is 5.92 Å². The second-order valence-corrected chi connectivity index (χ2v) is 5.27. The molecule has 1 aromatic carbocycles. The fraction of sp³-hybridized carbons (Fsp3) is 0.538. The summed E-state index contributed by atoms with van der Waals surface area (Å²) in [6, 6.07) is 9.13. The average molecular weight is 258 g/mol. The molecule has 2 unspecified atom stereocenters. The lowest BCUT2D eigenvalue weighted by Crippen LogP contribution is -2.22. The zero-order chi connectivity index (χ0) is 10.3.